The van der Waals surface area contributed by atoms with E-state index in [1.807, 2.05) is 31.2 Å². The van der Waals surface area contributed by atoms with Gasteiger partial charge in [0.25, 0.3) is 5.91 Å². The molecule has 0 unspecified atom stereocenters. The third-order valence-electron chi connectivity index (χ3n) is 5.06. The molecule has 2 aliphatic rings. The quantitative estimate of drug-likeness (QED) is 0.685. The highest BCUT2D eigenvalue weighted by Crippen LogP contribution is 2.26. The van der Waals surface area contributed by atoms with Gasteiger partial charge in [0.1, 0.15) is 0 Å². The maximum absolute atomic E-state index is 12.3. The number of nitrogens with zero attached hydrogens (tertiary/aromatic N) is 1. The molecule has 0 bridgehead atoms. The molecule has 1 aromatic carbocycles. The first-order chi connectivity index (χ1) is 13.3. The Morgan fingerprint density at radius 1 is 1.25 bits per heavy atom. The van der Waals surface area contributed by atoms with E-state index in [2.05, 4.69) is 5.32 Å². The van der Waals surface area contributed by atoms with Crippen molar-refractivity contribution in [3.8, 4) is 0 Å². The first kappa shape index (κ1) is 20.3. The third-order valence-corrected chi connectivity index (χ3v) is 6.83. The van der Waals surface area contributed by atoms with Crippen molar-refractivity contribution >= 4 is 33.3 Å². The summed E-state index contributed by atoms with van der Waals surface area (Å²) < 4.78 is 27.8. The lowest BCUT2D eigenvalue weighted by molar-refractivity contribution is -0.152. The predicted octanol–water partition coefficient (Wildman–Crippen LogP) is 0.448. The molecule has 2 aliphatic heterocycles. The number of nitrogens with one attached hydrogen (secondary N) is 1. The predicted molar refractivity (Wildman–Crippen MR) is 102 cm³/mol. The molecule has 0 spiro atoms. The van der Waals surface area contributed by atoms with Crippen molar-refractivity contribution < 1.29 is 27.5 Å². The van der Waals surface area contributed by atoms with Gasteiger partial charge in [-0.3, -0.25) is 14.4 Å². The summed E-state index contributed by atoms with van der Waals surface area (Å²) >= 11 is 0. The van der Waals surface area contributed by atoms with E-state index >= 15 is 0 Å². The second kappa shape index (κ2) is 8.30. The standard InChI is InChI=1S/C19H24N2O6S/c1-2-13-3-5-16(6-4-13)21-10-14(9-18(21)23)19(24)27-11-17(22)20-15-7-8-28(25,26)12-15/h3-6,14-15H,2,7-12H2,1H3,(H,20,22)/t14-,15-/m0/s1. The molecule has 2 saturated heterocycles. The van der Waals surface area contributed by atoms with Crippen molar-refractivity contribution in [2.24, 2.45) is 5.92 Å². The zero-order valence-electron chi connectivity index (χ0n) is 15.7. The number of rotatable bonds is 6. The largest absolute Gasteiger partial charge is 0.455 e. The zero-order valence-corrected chi connectivity index (χ0v) is 16.5. The average molecular weight is 408 g/mol. The number of hydrogen-bond acceptors (Lipinski definition) is 6. The normalized spacial score (nSPS) is 23.6. The topological polar surface area (TPSA) is 110 Å². The van der Waals surface area contributed by atoms with Crippen LogP contribution in [0.5, 0.6) is 0 Å². The van der Waals surface area contributed by atoms with Crippen LogP contribution in [0.4, 0.5) is 5.69 Å². The molecule has 0 saturated carbocycles. The van der Waals surface area contributed by atoms with E-state index in [4.69, 9.17) is 4.74 Å². The van der Waals surface area contributed by atoms with E-state index in [1.165, 1.54) is 0 Å². The van der Waals surface area contributed by atoms with Crippen molar-refractivity contribution in [3.05, 3.63) is 29.8 Å². The highest BCUT2D eigenvalue weighted by atomic mass is 32.2. The number of amides is 2. The molecule has 2 atom stereocenters. The SMILES string of the molecule is CCc1ccc(N2C[C@@H](C(=O)OCC(=O)N[C@H]3CCS(=O)(=O)C3)CC2=O)cc1. The summed E-state index contributed by atoms with van der Waals surface area (Å²) in [6, 6.07) is 7.16. The van der Waals surface area contributed by atoms with E-state index in [1.54, 1.807) is 4.90 Å². The van der Waals surface area contributed by atoms with Crippen LogP contribution in [0.25, 0.3) is 0 Å². The van der Waals surface area contributed by atoms with Crippen molar-refractivity contribution in [3.63, 3.8) is 0 Å². The molecule has 2 amide bonds. The van der Waals surface area contributed by atoms with Crippen LogP contribution >= 0.6 is 0 Å². The number of hydrogen-bond donors (Lipinski definition) is 1. The molecule has 0 radical (unpaired) electrons. The van der Waals surface area contributed by atoms with Crippen LogP contribution in [0.1, 0.15) is 25.3 Å². The van der Waals surface area contributed by atoms with Gasteiger partial charge in [0, 0.05) is 24.7 Å². The van der Waals surface area contributed by atoms with Crippen molar-refractivity contribution in [2.45, 2.75) is 32.2 Å². The second-order valence-corrected chi connectivity index (χ2v) is 9.43. The van der Waals surface area contributed by atoms with Gasteiger partial charge < -0.3 is 15.0 Å². The number of anilines is 1. The Kier molecular flexibility index (Phi) is 6.02. The minimum atomic E-state index is -3.09. The van der Waals surface area contributed by atoms with Gasteiger partial charge in [0.2, 0.25) is 5.91 Å². The van der Waals surface area contributed by atoms with Crippen LogP contribution in [0, 0.1) is 5.92 Å². The van der Waals surface area contributed by atoms with Gasteiger partial charge >= 0.3 is 5.97 Å². The van der Waals surface area contributed by atoms with Crippen LogP contribution in [0.15, 0.2) is 24.3 Å². The van der Waals surface area contributed by atoms with Crippen LogP contribution in [-0.4, -0.2) is 56.9 Å². The van der Waals surface area contributed by atoms with Crippen molar-refractivity contribution in [1.29, 1.82) is 0 Å². The van der Waals surface area contributed by atoms with E-state index in [0.29, 0.717) is 6.42 Å². The third kappa shape index (κ3) is 4.89. The van der Waals surface area contributed by atoms with E-state index in [-0.39, 0.29) is 30.4 Å². The smallest absolute Gasteiger partial charge is 0.311 e. The van der Waals surface area contributed by atoms with Gasteiger partial charge in [-0.25, -0.2) is 8.42 Å². The van der Waals surface area contributed by atoms with Gasteiger partial charge in [-0.15, -0.1) is 0 Å². The Morgan fingerprint density at radius 3 is 2.57 bits per heavy atom. The Labute approximate surface area is 164 Å². The van der Waals surface area contributed by atoms with Crippen molar-refractivity contribution in [1.82, 2.24) is 5.32 Å². The summed E-state index contributed by atoms with van der Waals surface area (Å²) in [5, 5.41) is 2.56. The monoisotopic (exact) mass is 408 g/mol. The van der Waals surface area contributed by atoms with E-state index in [9.17, 15) is 22.8 Å². The fourth-order valence-electron chi connectivity index (χ4n) is 3.46. The molecular weight excluding hydrogens is 384 g/mol. The van der Waals surface area contributed by atoms with Crippen LogP contribution in [-0.2, 0) is 35.4 Å². The lowest BCUT2D eigenvalue weighted by atomic mass is 10.1. The molecule has 2 heterocycles. The van der Waals surface area contributed by atoms with Gasteiger partial charge in [0.15, 0.2) is 16.4 Å². The number of esters is 1. The Balaban J connectivity index is 1.48. The fraction of sp³-hybridized carbons (Fsp3) is 0.526. The minimum Gasteiger partial charge on any atom is -0.455 e. The van der Waals surface area contributed by atoms with Gasteiger partial charge in [-0.2, -0.15) is 0 Å². The Bertz CT molecular complexity index is 865. The molecule has 28 heavy (non-hydrogen) atoms. The molecule has 8 nitrogen and oxygen atoms in total. The first-order valence-corrected chi connectivity index (χ1v) is 11.2. The number of carbonyl (C=O) groups is 3. The van der Waals surface area contributed by atoms with E-state index in [0.717, 1.165) is 17.7 Å². The van der Waals surface area contributed by atoms with Gasteiger partial charge in [-0.05, 0) is 30.5 Å². The maximum Gasteiger partial charge on any atom is 0.311 e. The molecule has 0 aliphatic carbocycles. The maximum atomic E-state index is 12.3. The number of aryl methyl sites for hydroxylation is 1. The van der Waals surface area contributed by atoms with Gasteiger partial charge in [0.05, 0.1) is 17.4 Å². The van der Waals surface area contributed by atoms with Crippen LogP contribution in [0.3, 0.4) is 0 Å². The highest BCUT2D eigenvalue weighted by molar-refractivity contribution is 7.91. The summed E-state index contributed by atoms with van der Waals surface area (Å²) in [7, 11) is -3.09. The van der Waals surface area contributed by atoms with E-state index < -0.39 is 40.3 Å². The number of sulfone groups is 1. The second-order valence-electron chi connectivity index (χ2n) is 7.20. The number of carbonyl (C=O) groups excluding carboxylic acids is 3. The molecule has 3 rings (SSSR count). The summed E-state index contributed by atoms with van der Waals surface area (Å²) in [4.78, 5) is 37.9. The molecule has 9 heteroatoms. The summed E-state index contributed by atoms with van der Waals surface area (Å²) in [5.74, 6) is -1.96. The van der Waals surface area contributed by atoms with Crippen LogP contribution in [0.2, 0.25) is 0 Å². The Hall–Kier alpha value is -2.42. The number of ether oxygens (including phenoxy) is 1. The lowest BCUT2D eigenvalue weighted by Gasteiger charge is -2.17. The van der Waals surface area contributed by atoms with Crippen LogP contribution < -0.4 is 10.2 Å². The highest BCUT2D eigenvalue weighted by Gasteiger charge is 2.36. The summed E-state index contributed by atoms with van der Waals surface area (Å²) in [6.45, 7) is 1.78. The lowest BCUT2D eigenvalue weighted by Crippen LogP contribution is -2.38. The molecule has 0 aromatic heterocycles. The average Bonchev–Trinajstić information content (AvgIpc) is 3.21. The Morgan fingerprint density at radius 2 is 1.96 bits per heavy atom. The molecule has 1 aromatic rings. The molecule has 152 valence electrons. The summed E-state index contributed by atoms with van der Waals surface area (Å²) in [5.41, 5.74) is 1.89. The number of benzene rings is 1. The van der Waals surface area contributed by atoms with Gasteiger partial charge in [-0.1, -0.05) is 19.1 Å². The molecular formula is C19H24N2O6S. The fourth-order valence-corrected chi connectivity index (χ4v) is 5.13. The minimum absolute atomic E-state index is 0.0385. The zero-order chi connectivity index (χ0) is 20.3. The summed E-state index contributed by atoms with van der Waals surface area (Å²) in [6.07, 6.45) is 1.31. The van der Waals surface area contributed by atoms with Crippen molar-refractivity contribution in [2.75, 3.05) is 29.6 Å². The first-order valence-electron chi connectivity index (χ1n) is 9.33. The molecule has 2 fully saturated rings. The molecule has 1 N–H and O–H groups in total.